The van der Waals surface area contributed by atoms with E-state index in [2.05, 4.69) is 9.97 Å². The number of pyridine rings is 1. The van der Waals surface area contributed by atoms with Gasteiger partial charge < -0.3 is 14.2 Å². The highest BCUT2D eigenvalue weighted by atomic mass is 16.3. The molecule has 0 aliphatic heterocycles. The van der Waals surface area contributed by atoms with E-state index in [0.717, 1.165) is 22.4 Å². The minimum atomic E-state index is 0.0236. The molecule has 0 amide bonds. The molecule has 1 N–H and O–H groups in total. The van der Waals surface area contributed by atoms with E-state index in [1.807, 2.05) is 40.7 Å². The van der Waals surface area contributed by atoms with E-state index in [4.69, 9.17) is 0 Å². The zero-order valence-electron chi connectivity index (χ0n) is 10.1. The first-order valence-electron chi connectivity index (χ1n) is 5.79. The maximum Gasteiger partial charge on any atom is 0.140 e. The van der Waals surface area contributed by atoms with E-state index in [1.165, 1.54) is 0 Å². The van der Waals surface area contributed by atoms with Crippen molar-refractivity contribution < 1.29 is 5.11 Å². The van der Waals surface area contributed by atoms with Gasteiger partial charge in [0.05, 0.1) is 13.2 Å². The maximum atomic E-state index is 9.37. The molecule has 3 heterocycles. The molecule has 3 aromatic rings. The van der Waals surface area contributed by atoms with Crippen LogP contribution in [-0.4, -0.2) is 24.2 Å². The summed E-state index contributed by atoms with van der Waals surface area (Å²) in [6.07, 6.45) is 7.40. The Morgan fingerprint density at radius 2 is 2.17 bits per heavy atom. The third kappa shape index (κ3) is 1.69. The summed E-state index contributed by atoms with van der Waals surface area (Å²) in [6.45, 7) is 0.673. The molecule has 0 fully saturated rings. The minimum absolute atomic E-state index is 0.0236. The fourth-order valence-corrected chi connectivity index (χ4v) is 2.14. The third-order valence-electron chi connectivity index (χ3n) is 3.12. The van der Waals surface area contributed by atoms with E-state index >= 15 is 0 Å². The highest BCUT2D eigenvalue weighted by molar-refractivity contribution is 5.80. The number of aromatic nitrogens is 4. The summed E-state index contributed by atoms with van der Waals surface area (Å²) in [7, 11) is 1.97. The number of aryl methyl sites for hydroxylation is 1. The Balaban J connectivity index is 2.09. The fourth-order valence-electron chi connectivity index (χ4n) is 2.14. The Hall–Kier alpha value is -2.14. The van der Waals surface area contributed by atoms with Crippen LogP contribution >= 0.6 is 0 Å². The minimum Gasteiger partial charge on any atom is -0.392 e. The summed E-state index contributed by atoms with van der Waals surface area (Å²) in [5.74, 6) is 0.960. The third-order valence-corrected chi connectivity index (χ3v) is 3.12. The van der Waals surface area contributed by atoms with E-state index in [1.54, 1.807) is 12.4 Å². The fraction of sp³-hybridized carbons (Fsp3) is 0.231. The van der Waals surface area contributed by atoms with Gasteiger partial charge in [-0.1, -0.05) is 0 Å². The average molecular weight is 242 g/mol. The van der Waals surface area contributed by atoms with Crippen molar-refractivity contribution in [3.8, 4) is 0 Å². The number of aliphatic hydroxyl groups is 1. The van der Waals surface area contributed by atoms with Gasteiger partial charge in [-0.05, 0) is 12.1 Å². The van der Waals surface area contributed by atoms with Gasteiger partial charge in [-0.15, -0.1) is 0 Å². The van der Waals surface area contributed by atoms with Crippen molar-refractivity contribution in [3.63, 3.8) is 0 Å². The molecule has 0 spiro atoms. The van der Waals surface area contributed by atoms with Crippen molar-refractivity contribution >= 4 is 11.0 Å². The first-order chi connectivity index (χ1) is 8.79. The Morgan fingerprint density at radius 1 is 1.28 bits per heavy atom. The van der Waals surface area contributed by atoms with Crippen molar-refractivity contribution in [2.24, 2.45) is 7.05 Å². The SMILES string of the molecule is Cn1ccnc1Cn1cc(CO)c2cccnc21. The number of rotatable bonds is 3. The van der Waals surface area contributed by atoms with Crippen LogP contribution in [0.2, 0.25) is 0 Å². The predicted molar refractivity (Wildman–Crippen MR) is 68.0 cm³/mol. The van der Waals surface area contributed by atoms with E-state index in [0.29, 0.717) is 6.54 Å². The van der Waals surface area contributed by atoms with Crippen molar-refractivity contribution in [3.05, 3.63) is 48.3 Å². The molecule has 92 valence electrons. The molecule has 0 atom stereocenters. The molecule has 0 saturated carbocycles. The number of nitrogens with zero attached hydrogens (tertiary/aromatic N) is 4. The molecule has 0 aliphatic rings. The van der Waals surface area contributed by atoms with Gasteiger partial charge in [0, 0.05) is 42.8 Å². The van der Waals surface area contributed by atoms with Crippen LogP contribution in [0.4, 0.5) is 0 Å². The summed E-state index contributed by atoms with van der Waals surface area (Å²) in [5.41, 5.74) is 1.77. The molecule has 0 bridgehead atoms. The van der Waals surface area contributed by atoms with Crippen LogP contribution in [0.5, 0.6) is 0 Å². The van der Waals surface area contributed by atoms with Crippen LogP contribution in [0.1, 0.15) is 11.4 Å². The number of hydrogen-bond acceptors (Lipinski definition) is 3. The first-order valence-corrected chi connectivity index (χ1v) is 5.79. The van der Waals surface area contributed by atoms with Crippen LogP contribution in [0.15, 0.2) is 36.9 Å². The molecule has 0 unspecified atom stereocenters. The topological polar surface area (TPSA) is 55.9 Å². The summed E-state index contributed by atoms with van der Waals surface area (Å²) in [4.78, 5) is 8.68. The van der Waals surface area contributed by atoms with E-state index in [-0.39, 0.29) is 6.61 Å². The van der Waals surface area contributed by atoms with E-state index < -0.39 is 0 Å². The summed E-state index contributed by atoms with van der Waals surface area (Å²) in [6, 6.07) is 3.86. The van der Waals surface area contributed by atoms with Crippen molar-refractivity contribution in [1.29, 1.82) is 0 Å². The summed E-state index contributed by atoms with van der Waals surface area (Å²) >= 11 is 0. The molecular weight excluding hydrogens is 228 g/mol. The van der Waals surface area contributed by atoms with Crippen LogP contribution in [0.25, 0.3) is 11.0 Å². The van der Waals surface area contributed by atoms with Gasteiger partial charge in [-0.25, -0.2) is 9.97 Å². The van der Waals surface area contributed by atoms with Crippen LogP contribution < -0.4 is 0 Å². The highest BCUT2D eigenvalue weighted by Crippen LogP contribution is 2.20. The molecule has 0 aliphatic carbocycles. The zero-order chi connectivity index (χ0) is 12.5. The Kier molecular flexibility index (Phi) is 2.60. The number of aliphatic hydroxyl groups excluding tert-OH is 1. The van der Waals surface area contributed by atoms with Crippen molar-refractivity contribution in [2.75, 3.05) is 0 Å². The Labute approximate surface area is 104 Å². The normalized spacial score (nSPS) is 11.2. The second kappa shape index (κ2) is 4.27. The molecule has 5 heteroatoms. The Morgan fingerprint density at radius 3 is 2.89 bits per heavy atom. The highest BCUT2D eigenvalue weighted by Gasteiger charge is 2.10. The lowest BCUT2D eigenvalue weighted by molar-refractivity contribution is 0.283. The van der Waals surface area contributed by atoms with Crippen molar-refractivity contribution in [2.45, 2.75) is 13.2 Å². The van der Waals surface area contributed by atoms with Gasteiger partial charge in [-0.3, -0.25) is 0 Å². The second-order valence-electron chi connectivity index (χ2n) is 4.27. The number of fused-ring (bicyclic) bond motifs is 1. The summed E-state index contributed by atoms with van der Waals surface area (Å²) in [5, 5.41) is 10.4. The van der Waals surface area contributed by atoms with Crippen molar-refractivity contribution in [1.82, 2.24) is 19.1 Å². The molecular formula is C13H14N4O. The van der Waals surface area contributed by atoms with Crippen LogP contribution in [-0.2, 0) is 20.2 Å². The molecule has 0 saturated heterocycles. The molecule has 18 heavy (non-hydrogen) atoms. The van der Waals surface area contributed by atoms with Gasteiger partial charge in [0.1, 0.15) is 11.5 Å². The standard InChI is InChI=1S/C13H14N4O/c1-16-6-5-14-12(16)8-17-7-10(9-18)11-3-2-4-15-13(11)17/h2-7,18H,8-9H2,1H3. The molecule has 0 aromatic carbocycles. The molecule has 0 radical (unpaired) electrons. The van der Waals surface area contributed by atoms with Gasteiger partial charge in [0.25, 0.3) is 0 Å². The largest absolute Gasteiger partial charge is 0.392 e. The number of imidazole rings is 1. The predicted octanol–water partition coefficient (Wildman–Crippen LogP) is 1.31. The maximum absolute atomic E-state index is 9.37. The van der Waals surface area contributed by atoms with Gasteiger partial charge in [0.2, 0.25) is 0 Å². The van der Waals surface area contributed by atoms with Gasteiger partial charge in [-0.2, -0.15) is 0 Å². The van der Waals surface area contributed by atoms with Gasteiger partial charge >= 0.3 is 0 Å². The van der Waals surface area contributed by atoms with Gasteiger partial charge in [0.15, 0.2) is 0 Å². The summed E-state index contributed by atoms with van der Waals surface area (Å²) < 4.78 is 4.00. The molecule has 3 rings (SSSR count). The van der Waals surface area contributed by atoms with E-state index in [9.17, 15) is 5.11 Å². The van der Waals surface area contributed by atoms with Crippen LogP contribution in [0.3, 0.4) is 0 Å². The lowest BCUT2D eigenvalue weighted by atomic mass is 10.2. The average Bonchev–Trinajstić information content (AvgIpc) is 2.95. The lowest BCUT2D eigenvalue weighted by Crippen LogP contribution is -2.05. The lowest BCUT2D eigenvalue weighted by Gasteiger charge is -2.04. The quantitative estimate of drug-likeness (QED) is 0.753. The second-order valence-corrected chi connectivity index (χ2v) is 4.27. The smallest absolute Gasteiger partial charge is 0.140 e. The Bertz CT molecular complexity index is 683. The zero-order valence-corrected chi connectivity index (χ0v) is 10.1. The number of hydrogen-bond donors (Lipinski definition) is 1. The van der Waals surface area contributed by atoms with Crippen LogP contribution in [0, 0.1) is 0 Å². The molecule has 3 aromatic heterocycles. The molecule has 5 nitrogen and oxygen atoms in total. The first kappa shape index (κ1) is 11.0. The monoisotopic (exact) mass is 242 g/mol.